The van der Waals surface area contributed by atoms with Crippen LogP contribution in [-0.4, -0.2) is 42.1 Å². The fraction of sp³-hybridized carbons (Fsp3) is 0.667. The third-order valence-electron chi connectivity index (χ3n) is 6.20. The van der Waals surface area contributed by atoms with E-state index in [2.05, 4.69) is 0 Å². The maximum absolute atomic E-state index is 12.6. The second-order valence-corrected chi connectivity index (χ2v) is 9.89. The van der Waals surface area contributed by atoms with Crippen LogP contribution in [0.5, 0.6) is 11.5 Å². The van der Waals surface area contributed by atoms with Gasteiger partial charge < -0.3 is 24.7 Å². The summed E-state index contributed by atoms with van der Waals surface area (Å²) in [5.74, 6) is -1.56. The molecule has 9 nitrogen and oxygen atoms in total. The highest BCUT2D eigenvalue weighted by Crippen LogP contribution is 2.30. The quantitative estimate of drug-likeness (QED) is 0.133. The monoisotopic (exact) mass is 549 g/mol. The Balaban J connectivity index is 2.87. The van der Waals surface area contributed by atoms with Crippen molar-refractivity contribution in [1.29, 1.82) is 0 Å². The standard InChI is InChI=1S/C30H47NO8/c1-6-9-12-15-28(33)38-25-18-17-23(20-26(25)39-29(34)16-13-10-7-2)19-24(31)30(35)37-22(5)21(4)36-27(32)14-11-8-3/h17-18,20-22,24H,6-16,19,31H2,1-5H3/t21-,22-,24-/m0/s1. The summed E-state index contributed by atoms with van der Waals surface area (Å²) < 4.78 is 21.8. The average Bonchev–Trinajstić information content (AvgIpc) is 2.89. The minimum Gasteiger partial charge on any atom is -0.459 e. The van der Waals surface area contributed by atoms with Crippen LogP contribution in [-0.2, 0) is 35.1 Å². The summed E-state index contributed by atoms with van der Waals surface area (Å²) in [6, 6.07) is 3.75. The zero-order chi connectivity index (χ0) is 29.2. The Hall–Kier alpha value is -2.94. The Morgan fingerprint density at radius 2 is 1.21 bits per heavy atom. The fourth-order valence-electron chi connectivity index (χ4n) is 3.62. The van der Waals surface area contributed by atoms with E-state index < -0.39 is 36.2 Å². The van der Waals surface area contributed by atoms with Crippen molar-refractivity contribution in [2.45, 2.75) is 130 Å². The van der Waals surface area contributed by atoms with Crippen molar-refractivity contribution in [3.63, 3.8) is 0 Å². The zero-order valence-electron chi connectivity index (χ0n) is 24.3. The molecule has 39 heavy (non-hydrogen) atoms. The van der Waals surface area contributed by atoms with E-state index in [1.54, 1.807) is 32.0 Å². The third kappa shape index (κ3) is 14.1. The molecule has 0 fully saturated rings. The Morgan fingerprint density at radius 3 is 1.77 bits per heavy atom. The van der Waals surface area contributed by atoms with E-state index in [1.807, 2.05) is 20.8 Å². The molecule has 9 heteroatoms. The number of unbranched alkanes of at least 4 members (excludes halogenated alkanes) is 5. The van der Waals surface area contributed by atoms with E-state index in [0.29, 0.717) is 24.8 Å². The Morgan fingerprint density at radius 1 is 0.692 bits per heavy atom. The lowest BCUT2D eigenvalue weighted by Gasteiger charge is -2.22. The Kier molecular flexibility index (Phi) is 16.8. The predicted octanol–water partition coefficient (Wildman–Crippen LogP) is 5.58. The number of hydrogen-bond acceptors (Lipinski definition) is 9. The number of nitrogens with two attached hydrogens (primary N) is 1. The van der Waals surface area contributed by atoms with E-state index in [-0.39, 0.29) is 36.7 Å². The van der Waals surface area contributed by atoms with Crippen LogP contribution in [0.15, 0.2) is 18.2 Å². The molecule has 0 amide bonds. The summed E-state index contributed by atoms with van der Waals surface area (Å²) in [5.41, 5.74) is 6.71. The lowest BCUT2D eigenvalue weighted by Crippen LogP contribution is -2.39. The number of esters is 4. The van der Waals surface area contributed by atoms with Gasteiger partial charge in [0.2, 0.25) is 0 Å². The summed E-state index contributed by atoms with van der Waals surface area (Å²) >= 11 is 0. The van der Waals surface area contributed by atoms with Crippen LogP contribution in [0.3, 0.4) is 0 Å². The van der Waals surface area contributed by atoms with E-state index in [0.717, 1.165) is 38.5 Å². The number of carbonyl (C=O) groups is 4. The molecule has 3 atom stereocenters. The molecule has 0 spiro atoms. The van der Waals surface area contributed by atoms with Crippen molar-refractivity contribution in [1.82, 2.24) is 0 Å². The first kappa shape index (κ1) is 34.1. The largest absolute Gasteiger partial charge is 0.459 e. The molecular formula is C30H47NO8. The SMILES string of the molecule is CCCCCC(=O)Oc1ccc(C[C@H](N)C(=O)O[C@@H](C)[C@H](C)OC(=O)CCCC)cc1OC(=O)CCCCC. The summed E-state index contributed by atoms with van der Waals surface area (Å²) in [4.78, 5) is 49.2. The van der Waals surface area contributed by atoms with Crippen LogP contribution in [0.1, 0.15) is 111 Å². The highest BCUT2D eigenvalue weighted by molar-refractivity contribution is 5.77. The van der Waals surface area contributed by atoms with E-state index in [9.17, 15) is 19.2 Å². The topological polar surface area (TPSA) is 131 Å². The lowest BCUT2D eigenvalue weighted by molar-refractivity contribution is -0.166. The van der Waals surface area contributed by atoms with Gasteiger partial charge in [-0.1, -0.05) is 58.9 Å². The van der Waals surface area contributed by atoms with Crippen LogP contribution in [0.4, 0.5) is 0 Å². The van der Waals surface area contributed by atoms with Crippen molar-refractivity contribution in [2.75, 3.05) is 0 Å². The maximum atomic E-state index is 12.6. The molecular weight excluding hydrogens is 502 g/mol. The Labute approximate surface area is 233 Å². The zero-order valence-corrected chi connectivity index (χ0v) is 24.3. The molecule has 1 aromatic carbocycles. The molecule has 0 saturated carbocycles. The fourth-order valence-corrected chi connectivity index (χ4v) is 3.62. The molecule has 220 valence electrons. The molecule has 0 unspecified atom stereocenters. The smallest absolute Gasteiger partial charge is 0.323 e. The van der Waals surface area contributed by atoms with Crippen molar-refractivity contribution >= 4 is 23.9 Å². The van der Waals surface area contributed by atoms with Gasteiger partial charge in [0.15, 0.2) is 11.5 Å². The van der Waals surface area contributed by atoms with Crippen LogP contribution in [0.2, 0.25) is 0 Å². The molecule has 0 aliphatic carbocycles. The molecule has 0 saturated heterocycles. The molecule has 1 aromatic rings. The van der Waals surface area contributed by atoms with Crippen LogP contribution in [0.25, 0.3) is 0 Å². The number of ether oxygens (including phenoxy) is 4. The summed E-state index contributed by atoms with van der Waals surface area (Å²) in [5, 5.41) is 0. The van der Waals surface area contributed by atoms with Gasteiger partial charge in [-0.05, 0) is 57.2 Å². The van der Waals surface area contributed by atoms with Crippen molar-refractivity contribution in [3.05, 3.63) is 23.8 Å². The first-order valence-corrected chi connectivity index (χ1v) is 14.3. The van der Waals surface area contributed by atoms with Crippen LogP contribution >= 0.6 is 0 Å². The first-order valence-electron chi connectivity index (χ1n) is 14.3. The number of rotatable bonds is 19. The van der Waals surface area contributed by atoms with Gasteiger partial charge in [0.05, 0.1) is 0 Å². The van der Waals surface area contributed by atoms with Crippen LogP contribution < -0.4 is 15.2 Å². The van der Waals surface area contributed by atoms with E-state index in [1.165, 1.54) is 0 Å². The van der Waals surface area contributed by atoms with Gasteiger partial charge in [-0.25, -0.2) is 0 Å². The minimum absolute atomic E-state index is 0.0985. The molecule has 0 heterocycles. The predicted molar refractivity (Wildman–Crippen MR) is 148 cm³/mol. The van der Waals surface area contributed by atoms with Gasteiger partial charge in [0, 0.05) is 19.3 Å². The van der Waals surface area contributed by atoms with E-state index in [4.69, 9.17) is 24.7 Å². The van der Waals surface area contributed by atoms with Gasteiger partial charge >= 0.3 is 23.9 Å². The van der Waals surface area contributed by atoms with Gasteiger partial charge in [-0.2, -0.15) is 0 Å². The number of benzene rings is 1. The van der Waals surface area contributed by atoms with Gasteiger partial charge in [0.1, 0.15) is 18.2 Å². The Bertz CT molecular complexity index is 916. The molecule has 0 aliphatic heterocycles. The van der Waals surface area contributed by atoms with Gasteiger partial charge in [0.25, 0.3) is 0 Å². The van der Waals surface area contributed by atoms with Crippen molar-refractivity contribution in [2.24, 2.45) is 5.73 Å². The minimum atomic E-state index is -1.01. The van der Waals surface area contributed by atoms with E-state index >= 15 is 0 Å². The highest BCUT2D eigenvalue weighted by Gasteiger charge is 2.25. The second-order valence-electron chi connectivity index (χ2n) is 9.89. The lowest BCUT2D eigenvalue weighted by atomic mass is 10.1. The summed E-state index contributed by atoms with van der Waals surface area (Å²) in [7, 11) is 0. The number of carbonyl (C=O) groups excluding carboxylic acids is 4. The maximum Gasteiger partial charge on any atom is 0.323 e. The molecule has 0 aromatic heterocycles. The van der Waals surface area contributed by atoms with Crippen LogP contribution in [0, 0.1) is 0 Å². The number of hydrogen-bond donors (Lipinski definition) is 1. The second kappa shape index (κ2) is 19.2. The van der Waals surface area contributed by atoms with Gasteiger partial charge in [-0.15, -0.1) is 0 Å². The molecule has 0 aliphatic rings. The van der Waals surface area contributed by atoms with Crippen molar-refractivity contribution in [3.8, 4) is 11.5 Å². The average molecular weight is 550 g/mol. The van der Waals surface area contributed by atoms with Crippen molar-refractivity contribution < 1.29 is 38.1 Å². The highest BCUT2D eigenvalue weighted by atomic mass is 16.6. The first-order chi connectivity index (χ1) is 18.6. The molecule has 1 rings (SSSR count). The van der Waals surface area contributed by atoms with Gasteiger partial charge in [-0.3, -0.25) is 19.2 Å². The molecule has 0 bridgehead atoms. The summed E-state index contributed by atoms with van der Waals surface area (Å²) in [6.45, 7) is 9.38. The summed E-state index contributed by atoms with van der Waals surface area (Å²) in [6.07, 6.45) is 6.42. The molecule has 2 N–H and O–H groups in total. The normalized spacial score (nSPS) is 13.2. The third-order valence-corrected chi connectivity index (χ3v) is 6.20. The molecule has 0 radical (unpaired) electrons.